The highest BCUT2D eigenvalue weighted by atomic mass is 35.5. The van der Waals surface area contributed by atoms with E-state index in [1.807, 2.05) is 0 Å². The first-order chi connectivity index (χ1) is 7.72. The number of alkyl halides is 2. The smallest absolute Gasteiger partial charge is 0.417 e. The maximum Gasteiger partial charge on any atom is 0.417 e. The Morgan fingerprint density at radius 1 is 0.750 bits per heavy atom. The van der Waals surface area contributed by atoms with Gasteiger partial charge in [-0.15, -0.1) is 23.2 Å². The Bertz CT molecular complexity index is 187. The second-order valence-electron chi connectivity index (χ2n) is 3.06. The highest BCUT2D eigenvalue weighted by Gasteiger charge is 2.16. The van der Waals surface area contributed by atoms with Crippen molar-refractivity contribution in [1.29, 1.82) is 0 Å². The van der Waals surface area contributed by atoms with Crippen molar-refractivity contribution in [3.63, 3.8) is 0 Å². The highest BCUT2D eigenvalue weighted by Crippen LogP contribution is 1.96. The van der Waals surface area contributed by atoms with Crippen molar-refractivity contribution < 1.29 is 19.1 Å². The van der Waals surface area contributed by atoms with Crippen molar-refractivity contribution in [3.8, 4) is 0 Å². The van der Waals surface area contributed by atoms with E-state index in [4.69, 9.17) is 23.2 Å². The fourth-order valence-electron chi connectivity index (χ4n) is 0.841. The molecule has 0 aliphatic heterocycles. The Labute approximate surface area is 105 Å². The quantitative estimate of drug-likeness (QED) is 0.293. The van der Waals surface area contributed by atoms with Crippen molar-refractivity contribution in [2.75, 3.05) is 25.0 Å². The third-order valence-corrected chi connectivity index (χ3v) is 2.22. The minimum absolute atomic E-state index is 0.197. The van der Waals surface area contributed by atoms with Gasteiger partial charge in [0, 0.05) is 11.8 Å². The number of carbonyl (C=O) groups excluding carboxylic acids is 2. The maximum absolute atomic E-state index is 11.0. The molecule has 0 rings (SSSR count). The van der Waals surface area contributed by atoms with E-state index in [1.165, 1.54) is 0 Å². The van der Waals surface area contributed by atoms with E-state index in [-0.39, 0.29) is 13.2 Å². The number of halogens is 2. The van der Waals surface area contributed by atoms with Crippen LogP contribution in [-0.2, 0) is 19.1 Å². The van der Waals surface area contributed by atoms with Gasteiger partial charge in [0.25, 0.3) is 0 Å². The van der Waals surface area contributed by atoms with E-state index in [2.05, 4.69) is 9.47 Å². The highest BCUT2D eigenvalue weighted by molar-refractivity contribution is 6.29. The van der Waals surface area contributed by atoms with Gasteiger partial charge in [0.15, 0.2) is 0 Å². The molecule has 0 heterocycles. The fourth-order valence-corrected chi connectivity index (χ4v) is 1.22. The molecule has 0 N–H and O–H groups in total. The molecule has 0 bridgehead atoms. The van der Waals surface area contributed by atoms with Gasteiger partial charge in [-0.1, -0.05) is 0 Å². The molecule has 94 valence electrons. The van der Waals surface area contributed by atoms with Crippen LogP contribution in [0.5, 0.6) is 0 Å². The largest absolute Gasteiger partial charge is 0.457 e. The number of ether oxygens (including phenoxy) is 2. The van der Waals surface area contributed by atoms with Gasteiger partial charge in [0.2, 0.25) is 0 Å². The summed E-state index contributed by atoms with van der Waals surface area (Å²) in [6, 6.07) is 0. The van der Waals surface area contributed by atoms with Crippen molar-refractivity contribution in [2.24, 2.45) is 0 Å². The summed E-state index contributed by atoms with van der Waals surface area (Å²) < 4.78 is 9.33. The summed E-state index contributed by atoms with van der Waals surface area (Å²) >= 11 is 10.9. The minimum Gasteiger partial charge on any atom is -0.457 e. The first-order valence-electron chi connectivity index (χ1n) is 5.18. The molecule has 0 unspecified atom stereocenters. The van der Waals surface area contributed by atoms with Gasteiger partial charge in [0.05, 0.1) is 13.2 Å². The molecule has 0 aliphatic carbocycles. The van der Waals surface area contributed by atoms with Crippen molar-refractivity contribution in [1.82, 2.24) is 0 Å². The van der Waals surface area contributed by atoms with E-state index < -0.39 is 11.9 Å². The maximum atomic E-state index is 11.0. The Balaban J connectivity index is 3.46. The average Bonchev–Trinajstić information content (AvgIpc) is 2.29. The third-order valence-electron chi connectivity index (χ3n) is 1.69. The van der Waals surface area contributed by atoms with E-state index in [0.717, 1.165) is 12.8 Å². The van der Waals surface area contributed by atoms with Gasteiger partial charge in [-0.2, -0.15) is 0 Å². The molecule has 0 spiro atoms. The van der Waals surface area contributed by atoms with E-state index in [0.29, 0.717) is 24.6 Å². The van der Waals surface area contributed by atoms with Gasteiger partial charge < -0.3 is 9.47 Å². The van der Waals surface area contributed by atoms with Gasteiger partial charge in [-0.05, 0) is 25.7 Å². The Hall–Kier alpha value is -0.480. The van der Waals surface area contributed by atoms with Crippen LogP contribution in [0.3, 0.4) is 0 Å². The molecule has 6 heteroatoms. The zero-order chi connectivity index (χ0) is 12.2. The molecule has 0 aromatic rings. The topological polar surface area (TPSA) is 52.6 Å². The van der Waals surface area contributed by atoms with Gasteiger partial charge in [0.1, 0.15) is 0 Å². The molecule has 0 amide bonds. The predicted molar refractivity (Wildman–Crippen MR) is 61.8 cm³/mol. The molecule has 0 radical (unpaired) electrons. The molecule has 16 heavy (non-hydrogen) atoms. The van der Waals surface area contributed by atoms with Crippen molar-refractivity contribution in [2.45, 2.75) is 25.7 Å². The summed E-state index contributed by atoms with van der Waals surface area (Å²) in [5.74, 6) is -0.859. The first kappa shape index (κ1) is 15.5. The second kappa shape index (κ2) is 11.0. The minimum atomic E-state index is -0.944. The lowest BCUT2D eigenvalue weighted by Gasteiger charge is -2.04. The predicted octanol–water partition coefficient (Wildman–Crippen LogP) is 2.11. The summed E-state index contributed by atoms with van der Waals surface area (Å²) in [6.45, 7) is 0.394. The van der Waals surface area contributed by atoms with Crippen LogP contribution in [0.1, 0.15) is 25.7 Å². The Morgan fingerprint density at radius 2 is 1.12 bits per heavy atom. The van der Waals surface area contributed by atoms with Crippen LogP contribution in [0.4, 0.5) is 0 Å². The van der Waals surface area contributed by atoms with Crippen LogP contribution in [-0.4, -0.2) is 36.9 Å². The van der Waals surface area contributed by atoms with E-state index in [9.17, 15) is 9.59 Å². The number of carbonyl (C=O) groups is 2. The Morgan fingerprint density at radius 3 is 1.44 bits per heavy atom. The van der Waals surface area contributed by atoms with Gasteiger partial charge >= 0.3 is 11.9 Å². The lowest BCUT2D eigenvalue weighted by atomic mass is 10.3. The number of hydrogen-bond acceptors (Lipinski definition) is 4. The van der Waals surface area contributed by atoms with E-state index >= 15 is 0 Å². The van der Waals surface area contributed by atoms with Crippen LogP contribution < -0.4 is 0 Å². The molecule has 0 fully saturated rings. The normalized spacial score (nSPS) is 9.88. The third kappa shape index (κ3) is 8.80. The summed E-state index contributed by atoms with van der Waals surface area (Å²) in [5.41, 5.74) is 0. The molecular formula is C10H16Cl2O4. The Kier molecular flexibility index (Phi) is 10.7. The standard InChI is InChI=1S/C10H16Cl2O4/c11-5-1-3-7-15-9(13)10(14)16-8-4-2-6-12/h1-8H2. The molecule has 0 saturated carbocycles. The molecule has 0 aromatic heterocycles. The lowest BCUT2D eigenvalue weighted by Crippen LogP contribution is -2.21. The number of hydrogen-bond donors (Lipinski definition) is 0. The van der Waals surface area contributed by atoms with Crippen LogP contribution in [0, 0.1) is 0 Å². The average molecular weight is 271 g/mol. The second-order valence-corrected chi connectivity index (χ2v) is 3.82. The fraction of sp³-hybridized carbons (Fsp3) is 0.800. The van der Waals surface area contributed by atoms with Crippen molar-refractivity contribution >= 4 is 35.1 Å². The van der Waals surface area contributed by atoms with Gasteiger partial charge in [-0.3, -0.25) is 0 Å². The molecule has 0 atom stereocenters. The first-order valence-corrected chi connectivity index (χ1v) is 6.25. The summed E-state index contributed by atoms with van der Waals surface area (Å²) in [7, 11) is 0. The monoisotopic (exact) mass is 270 g/mol. The SMILES string of the molecule is O=C(OCCCCCl)C(=O)OCCCCCl. The van der Waals surface area contributed by atoms with Crippen LogP contribution in [0.15, 0.2) is 0 Å². The molecule has 0 aromatic carbocycles. The molecule has 0 aliphatic rings. The zero-order valence-electron chi connectivity index (χ0n) is 9.05. The zero-order valence-corrected chi connectivity index (χ0v) is 10.6. The molecule has 4 nitrogen and oxygen atoms in total. The lowest BCUT2D eigenvalue weighted by molar-refractivity contribution is -0.167. The summed E-state index contributed by atoms with van der Waals surface area (Å²) in [5, 5.41) is 0. The van der Waals surface area contributed by atoms with Crippen LogP contribution in [0.2, 0.25) is 0 Å². The molecular weight excluding hydrogens is 255 g/mol. The van der Waals surface area contributed by atoms with Crippen molar-refractivity contribution in [3.05, 3.63) is 0 Å². The summed E-state index contributed by atoms with van der Waals surface area (Å²) in [4.78, 5) is 22.0. The van der Waals surface area contributed by atoms with Gasteiger partial charge in [-0.25, -0.2) is 9.59 Å². The molecule has 0 saturated heterocycles. The van der Waals surface area contributed by atoms with E-state index in [1.54, 1.807) is 0 Å². The summed E-state index contributed by atoms with van der Waals surface area (Å²) in [6.07, 6.45) is 2.79. The number of esters is 2. The van der Waals surface area contributed by atoms with Crippen LogP contribution >= 0.6 is 23.2 Å². The van der Waals surface area contributed by atoms with Crippen LogP contribution in [0.25, 0.3) is 0 Å². The number of unbranched alkanes of at least 4 members (excludes halogenated alkanes) is 2. The number of rotatable bonds is 8.